The second-order valence-corrected chi connectivity index (χ2v) is 21.2. The number of ether oxygens (including phenoxy) is 4. The van der Waals surface area contributed by atoms with Crippen molar-refractivity contribution < 1.29 is 38.1 Å². The maximum atomic E-state index is 12.7. The Morgan fingerprint density at radius 1 is 0.525 bits per heavy atom. The Balaban J connectivity index is 4.74. The van der Waals surface area contributed by atoms with Crippen molar-refractivity contribution in [1.29, 1.82) is 0 Å². The van der Waals surface area contributed by atoms with Crippen LogP contribution in [0.2, 0.25) is 10.6 Å². The minimum absolute atomic E-state index is 0.386. The summed E-state index contributed by atoms with van der Waals surface area (Å²) in [4.78, 5) is 49.8. The third-order valence-electron chi connectivity index (χ3n) is 4.29. The predicted molar refractivity (Wildman–Crippen MR) is 158 cm³/mol. The van der Waals surface area contributed by atoms with Crippen LogP contribution in [0.1, 0.15) is 109 Å². The summed E-state index contributed by atoms with van der Waals surface area (Å²) in [5, 5.41) is 7.23. The first-order valence-corrected chi connectivity index (χ1v) is 20.4. The monoisotopic (exact) mass is 704 g/mol. The van der Waals surface area contributed by atoms with Gasteiger partial charge in [-0.2, -0.15) is 0 Å². The van der Waals surface area contributed by atoms with Crippen LogP contribution in [0.15, 0.2) is 0 Å². The van der Waals surface area contributed by atoms with E-state index in [-0.39, 0.29) is 0 Å². The molecule has 40 heavy (non-hydrogen) atoms. The molecule has 0 spiro atoms. The van der Waals surface area contributed by atoms with Gasteiger partial charge in [0.2, 0.25) is 0 Å². The molecule has 0 saturated carbocycles. The van der Waals surface area contributed by atoms with Gasteiger partial charge in [-0.15, -0.1) is 0 Å². The quantitative estimate of drug-likeness (QED) is 0.116. The summed E-state index contributed by atoms with van der Waals surface area (Å²) in [6.45, 7) is 21.3. The number of hydrogen-bond acceptors (Lipinski definition) is 8. The standard InChI is InChI=1S/C28H52N2O8Se2/c1-25(2,3)35-21(31)19(29-23(33)37-27(7,8)9)15-13-17-39-40-18-14-16-20(22(32)36-26(4,5)6)30-24(34)38-28(10,11)12/h19-20H,13-18H2,1-12H3,(H,29,33)(H,30,34)/t19-,20-/m0/s1. The SMILES string of the molecule is CC(C)(C)OC(=O)N[C@@H](CCC[Se][Se]CCC[C@H](NC(=O)OC(C)(C)C)C(=O)OC(C)(C)C)C(=O)OC(C)(C)C. The molecule has 0 aliphatic carbocycles. The first-order chi connectivity index (χ1) is 18.0. The molecule has 0 saturated heterocycles. The minimum atomic E-state index is -0.772. The van der Waals surface area contributed by atoms with Crippen LogP contribution in [0.25, 0.3) is 0 Å². The molecule has 2 N–H and O–H groups in total. The number of rotatable bonds is 13. The number of amides is 2. The van der Waals surface area contributed by atoms with E-state index in [9.17, 15) is 19.2 Å². The molecule has 0 aromatic heterocycles. The molecular formula is C28H52N2O8Se2. The Labute approximate surface area is 252 Å². The second-order valence-electron chi connectivity index (χ2n) is 13.4. The van der Waals surface area contributed by atoms with Crippen molar-refractivity contribution in [2.45, 2.75) is 154 Å². The molecule has 0 unspecified atom stereocenters. The van der Waals surface area contributed by atoms with E-state index in [0.29, 0.717) is 39.1 Å². The average molecular weight is 703 g/mol. The summed E-state index contributed by atoms with van der Waals surface area (Å²) in [6, 6.07) is -1.54. The molecule has 0 heterocycles. The van der Waals surface area contributed by atoms with E-state index in [0.717, 1.165) is 23.5 Å². The van der Waals surface area contributed by atoms with E-state index in [2.05, 4.69) is 10.6 Å². The third kappa shape index (κ3) is 22.2. The fourth-order valence-electron chi connectivity index (χ4n) is 2.95. The molecule has 2 atom stereocenters. The fourth-order valence-corrected chi connectivity index (χ4v) is 9.78. The number of hydrogen-bond donors (Lipinski definition) is 2. The van der Waals surface area contributed by atoms with E-state index < -0.39 is 58.6 Å². The van der Waals surface area contributed by atoms with Gasteiger partial charge in [0.15, 0.2) is 0 Å². The summed E-state index contributed by atoms with van der Waals surface area (Å²) in [6.07, 6.45) is 1.18. The van der Waals surface area contributed by atoms with Crippen LogP contribution in [-0.2, 0) is 28.5 Å². The summed E-state index contributed by atoms with van der Waals surface area (Å²) >= 11 is 0.773. The van der Waals surface area contributed by atoms with Gasteiger partial charge in [0.1, 0.15) is 0 Å². The van der Waals surface area contributed by atoms with E-state index in [1.807, 2.05) is 0 Å². The number of nitrogens with one attached hydrogen (secondary N) is 2. The van der Waals surface area contributed by atoms with Crippen LogP contribution >= 0.6 is 0 Å². The summed E-state index contributed by atoms with van der Waals surface area (Å²) in [7, 11) is 0. The van der Waals surface area contributed by atoms with E-state index in [1.54, 1.807) is 83.1 Å². The molecule has 0 aliphatic heterocycles. The van der Waals surface area contributed by atoms with Crippen LogP contribution in [0.5, 0.6) is 0 Å². The summed E-state index contributed by atoms with van der Waals surface area (Å²) < 4.78 is 21.6. The molecule has 0 aromatic carbocycles. The Hall–Kier alpha value is -1.48. The van der Waals surface area contributed by atoms with Crippen LogP contribution in [0, 0.1) is 0 Å². The predicted octanol–water partition coefficient (Wildman–Crippen LogP) is 5.18. The van der Waals surface area contributed by atoms with Gasteiger partial charge in [0.05, 0.1) is 0 Å². The van der Waals surface area contributed by atoms with Crippen LogP contribution in [0.4, 0.5) is 9.59 Å². The molecule has 0 aliphatic rings. The number of carbonyl (C=O) groups is 4. The van der Waals surface area contributed by atoms with Crippen LogP contribution in [0.3, 0.4) is 0 Å². The van der Waals surface area contributed by atoms with Gasteiger partial charge in [-0.05, 0) is 0 Å². The third-order valence-corrected chi connectivity index (χ3v) is 12.0. The summed E-state index contributed by atoms with van der Waals surface area (Å²) in [5.74, 6) is -0.941. The Morgan fingerprint density at radius 2 is 0.800 bits per heavy atom. The Bertz CT molecular complexity index is 756. The van der Waals surface area contributed by atoms with Crippen molar-refractivity contribution in [3.8, 4) is 0 Å². The van der Waals surface area contributed by atoms with Gasteiger partial charge in [0.25, 0.3) is 0 Å². The normalized spacial score (nSPS) is 14.0. The molecule has 0 radical (unpaired) electrons. The number of alkyl carbamates (subject to hydrolysis) is 2. The van der Waals surface area contributed by atoms with Crippen molar-refractivity contribution >= 4 is 50.4 Å². The first kappa shape index (κ1) is 38.5. The van der Waals surface area contributed by atoms with Crippen molar-refractivity contribution in [2.24, 2.45) is 0 Å². The molecule has 0 fully saturated rings. The Morgan fingerprint density at radius 3 is 1.05 bits per heavy atom. The maximum absolute atomic E-state index is 12.7. The molecule has 10 nitrogen and oxygen atoms in total. The van der Waals surface area contributed by atoms with Gasteiger partial charge >= 0.3 is 253 Å². The van der Waals surface area contributed by atoms with Gasteiger partial charge in [-0.1, -0.05) is 0 Å². The molecule has 0 aromatic rings. The molecule has 2 amide bonds. The van der Waals surface area contributed by atoms with Crippen molar-refractivity contribution in [3.05, 3.63) is 0 Å². The molecule has 0 rings (SSSR count). The van der Waals surface area contributed by atoms with Crippen LogP contribution in [-0.4, -0.2) is 84.9 Å². The van der Waals surface area contributed by atoms with Crippen molar-refractivity contribution in [3.63, 3.8) is 0 Å². The number of esters is 2. The van der Waals surface area contributed by atoms with Gasteiger partial charge in [0, 0.05) is 0 Å². The second kappa shape index (κ2) is 16.8. The van der Waals surface area contributed by atoms with Gasteiger partial charge in [-0.25, -0.2) is 0 Å². The van der Waals surface area contributed by atoms with E-state index >= 15 is 0 Å². The molecule has 234 valence electrons. The first-order valence-electron chi connectivity index (χ1n) is 13.7. The van der Waals surface area contributed by atoms with E-state index in [4.69, 9.17) is 18.9 Å². The summed E-state index contributed by atoms with van der Waals surface area (Å²) in [5.41, 5.74) is -2.65. The zero-order valence-corrected chi connectivity index (χ0v) is 29.9. The fraction of sp³-hybridized carbons (Fsp3) is 0.857. The van der Waals surface area contributed by atoms with Crippen LogP contribution < -0.4 is 10.6 Å². The zero-order chi connectivity index (χ0) is 31.4. The zero-order valence-electron chi connectivity index (χ0n) is 26.5. The Kier molecular flexibility index (Phi) is 16.2. The molecular weight excluding hydrogens is 650 g/mol. The van der Waals surface area contributed by atoms with Crippen molar-refractivity contribution in [1.82, 2.24) is 10.6 Å². The molecule has 0 bridgehead atoms. The average Bonchev–Trinajstić information content (AvgIpc) is 2.68. The topological polar surface area (TPSA) is 129 Å². The van der Waals surface area contributed by atoms with Gasteiger partial charge in [-0.3, -0.25) is 0 Å². The number of carbonyl (C=O) groups excluding carboxylic acids is 4. The van der Waals surface area contributed by atoms with Crippen molar-refractivity contribution in [2.75, 3.05) is 0 Å². The molecule has 12 heteroatoms. The van der Waals surface area contributed by atoms with Gasteiger partial charge < -0.3 is 0 Å². The van der Waals surface area contributed by atoms with E-state index in [1.165, 1.54) is 0 Å².